The quantitative estimate of drug-likeness (QED) is 0.582. The van der Waals surface area contributed by atoms with Gasteiger partial charge in [0.05, 0.1) is 18.9 Å². The van der Waals surface area contributed by atoms with E-state index in [9.17, 15) is 0 Å². The average Bonchev–Trinajstić information content (AvgIpc) is 3.47. The van der Waals surface area contributed by atoms with Crippen molar-refractivity contribution in [1.29, 1.82) is 0 Å². The van der Waals surface area contributed by atoms with E-state index in [-0.39, 0.29) is 0 Å². The monoisotopic (exact) mass is 410 g/mol. The summed E-state index contributed by atoms with van der Waals surface area (Å²) in [4.78, 5) is 16.0. The van der Waals surface area contributed by atoms with Gasteiger partial charge in [-0.3, -0.25) is 0 Å². The fraction of sp³-hybridized carbons (Fsp3) is 0.609. The van der Waals surface area contributed by atoms with E-state index in [1.165, 1.54) is 12.8 Å². The normalized spacial score (nSPS) is 23.0. The molecule has 0 bridgehead atoms. The number of nitrogens with zero attached hydrogens (tertiary/aromatic N) is 5. The maximum Gasteiger partial charge on any atom is 0.213 e. The van der Waals surface area contributed by atoms with Crippen LogP contribution in [0.3, 0.4) is 0 Å². The van der Waals surface area contributed by atoms with Crippen LogP contribution in [-0.4, -0.2) is 51.1 Å². The Balaban J connectivity index is 1.39. The molecule has 1 saturated heterocycles. The first-order valence-electron chi connectivity index (χ1n) is 11.3. The molecule has 2 fully saturated rings. The minimum absolute atomic E-state index is 0.340. The van der Waals surface area contributed by atoms with Gasteiger partial charge in [0.25, 0.3) is 0 Å². The molecule has 7 heteroatoms. The summed E-state index contributed by atoms with van der Waals surface area (Å²) in [5.74, 6) is 2.32. The number of hydrogen-bond donors (Lipinski definition) is 1. The summed E-state index contributed by atoms with van der Waals surface area (Å²) in [6.07, 6.45) is 14.0. The van der Waals surface area contributed by atoms with Crippen molar-refractivity contribution < 1.29 is 4.74 Å². The Labute approximate surface area is 179 Å². The van der Waals surface area contributed by atoms with Gasteiger partial charge in [-0.1, -0.05) is 13.0 Å². The molecule has 2 aromatic heterocycles. The van der Waals surface area contributed by atoms with Crippen molar-refractivity contribution in [3.63, 3.8) is 0 Å². The number of ether oxygens (including phenoxy) is 1. The third-order valence-corrected chi connectivity index (χ3v) is 6.26. The molecule has 0 radical (unpaired) electrons. The Bertz CT molecular complexity index is 798. The van der Waals surface area contributed by atoms with E-state index in [2.05, 4.69) is 50.9 Å². The lowest BCUT2D eigenvalue weighted by molar-refractivity contribution is 0.189. The third kappa shape index (κ3) is 5.12. The largest absolute Gasteiger partial charge is 0.474 e. The van der Waals surface area contributed by atoms with Gasteiger partial charge in [0, 0.05) is 44.3 Å². The zero-order valence-corrected chi connectivity index (χ0v) is 18.2. The van der Waals surface area contributed by atoms with Crippen molar-refractivity contribution in [2.45, 2.75) is 64.6 Å². The van der Waals surface area contributed by atoms with Crippen LogP contribution in [0.1, 0.15) is 57.6 Å². The SMILES string of the molecule is CCNC(=NCc1ccc(OC2CCCC2)nc1)N1CCC(C)C(n2ccnc2)C1. The highest BCUT2D eigenvalue weighted by atomic mass is 16.5. The smallest absolute Gasteiger partial charge is 0.213 e. The summed E-state index contributed by atoms with van der Waals surface area (Å²) in [5.41, 5.74) is 1.10. The highest BCUT2D eigenvalue weighted by Gasteiger charge is 2.28. The van der Waals surface area contributed by atoms with E-state index >= 15 is 0 Å². The van der Waals surface area contributed by atoms with E-state index in [4.69, 9.17) is 9.73 Å². The van der Waals surface area contributed by atoms with Gasteiger partial charge in [0.1, 0.15) is 6.10 Å². The summed E-state index contributed by atoms with van der Waals surface area (Å²) >= 11 is 0. The van der Waals surface area contributed by atoms with E-state index in [0.29, 0.717) is 24.6 Å². The van der Waals surface area contributed by atoms with Gasteiger partial charge < -0.3 is 19.5 Å². The van der Waals surface area contributed by atoms with Crippen LogP contribution in [0, 0.1) is 5.92 Å². The minimum atomic E-state index is 0.340. The van der Waals surface area contributed by atoms with E-state index in [1.54, 1.807) is 0 Å². The topological polar surface area (TPSA) is 67.6 Å². The number of aliphatic imine (C=N–C) groups is 1. The van der Waals surface area contributed by atoms with Crippen molar-refractivity contribution in [1.82, 2.24) is 24.8 Å². The molecule has 0 amide bonds. The molecule has 2 atom stereocenters. The van der Waals surface area contributed by atoms with E-state index in [0.717, 1.165) is 56.3 Å². The Morgan fingerprint density at radius 2 is 2.13 bits per heavy atom. The van der Waals surface area contributed by atoms with Gasteiger partial charge in [0.15, 0.2) is 5.96 Å². The van der Waals surface area contributed by atoms with Crippen molar-refractivity contribution in [3.05, 3.63) is 42.6 Å². The minimum Gasteiger partial charge on any atom is -0.474 e. The van der Waals surface area contributed by atoms with Crippen LogP contribution in [0.4, 0.5) is 0 Å². The second-order valence-corrected chi connectivity index (χ2v) is 8.49. The lowest BCUT2D eigenvalue weighted by Crippen LogP contribution is -2.49. The molecular formula is C23H34N6O. The first-order chi connectivity index (χ1) is 14.7. The Kier molecular flexibility index (Phi) is 6.87. The van der Waals surface area contributed by atoms with Crippen molar-refractivity contribution in [3.8, 4) is 5.88 Å². The molecule has 2 unspecified atom stereocenters. The van der Waals surface area contributed by atoms with Gasteiger partial charge >= 0.3 is 0 Å². The van der Waals surface area contributed by atoms with Crippen molar-refractivity contribution in [2.24, 2.45) is 10.9 Å². The number of hydrogen-bond acceptors (Lipinski definition) is 4. The second kappa shape index (κ2) is 9.96. The molecule has 0 spiro atoms. The summed E-state index contributed by atoms with van der Waals surface area (Å²) in [6.45, 7) is 7.87. The predicted octanol–water partition coefficient (Wildman–Crippen LogP) is 3.65. The molecule has 1 N–H and O–H groups in total. The maximum absolute atomic E-state index is 5.97. The first kappa shape index (κ1) is 20.7. The number of likely N-dealkylation sites (tertiary alicyclic amines) is 1. The van der Waals surface area contributed by atoms with Crippen molar-refractivity contribution in [2.75, 3.05) is 19.6 Å². The van der Waals surface area contributed by atoms with Crippen molar-refractivity contribution >= 4 is 5.96 Å². The summed E-state index contributed by atoms with van der Waals surface area (Å²) in [6, 6.07) is 4.48. The molecule has 7 nitrogen and oxygen atoms in total. The number of piperidine rings is 1. The summed E-state index contributed by atoms with van der Waals surface area (Å²) in [5, 5.41) is 3.47. The molecule has 1 aliphatic heterocycles. The lowest BCUT2D eigenvalue weighted by atomic mass is 9.93. The van der Waals surface area contributed by atoms with Gasteiger partial charge in [0.2, 0.25) is 5.88 Å². The fourth-order valence-electron chi connectivity index (χ4n) is 4.44. The zero-order chi connectivity index (χ0) is 20.8. The lowest BCUT2D eigenvalue weighted by Gasteiger charge is -2.39. The van der Waals surface area contributed by atoms with E-state index < -0.39 is 0 Å². The molecule has 2 aromatic rings. The van der Waals surface area contributed by atoms with Crippen LogP contribution in [0.25, 0.3) is 0 Å². The molecule has 0 aromatic carbocycles. The number of pyridine rings is 1. The third-order valence-electron chi connectivity index (χ3n) is 6.26. The number of imidazole rings is 1. The number of nitrogens with one attached hydrogen (secondary N) is 1. The second-order valence-electron chi connectivity index (χ2n) is 8.49. The van der Waals surface area contributed by atoms with Crippen LogP contribution < -0.4 is 10.1 Å². The predicted molar refractivity (Wildman–Crippen MR) is 119 cm³/mol. The summed E-state index contributed by atoms with van der Waals surface area (Å²) < 4.78 is 8.20. The van der Waals surface area contributed by atoms with Crippen LogP contribution in [0.5, 0.6) is 5.88 Å². The molecule has 1 saturated carbocycles. The van der Waals surface area contributed by atoms with Crippen LogP contribution >= 0.6 is 0 Å². The Morgan fingerprint density at radius 3 is 2.83 bits per heavy atom. The number of aromatic nitrogens is 3. The molecule has 1 aliphatic carbocycles. The molecule has 30 heavy (non-hydrogen) atoms. The van der Waals surface area contributed by atoms with Crippen LogP contribution in [-0.2, 0) is 6.54 Å². The van der Waals surface area contributed by atoms with Crippen LogP contribution in [0.2, 0.25) is 0 Å². The average molecular weight is 411 g/mol. The first-order valence-corrected chi connectivity index (χ1v) is 11.3. The molecule has 4 rings (SSSR count). The van der Waals surface area contributed by atoms with Gasteiger partial charge in [-0.25, -0.2) is 15.0 Å². The van der Waals surface area contributed by atoms with E-state index in [1.807, 2.05) is 24.8 Å². The highest BCUT2D eigenvalue weighted by Crippen LogP contribution is 2.27. The van der Waals surface area contributed by atoms with Gasteiger partial charge in [-0.2, -0.15) is 0 Å². The number of rotatable bonds is 6. The molecule has 3 heterocycles. The number of guanidine groups is 1. The highest BCUT2D eigenvalue weighted by molar-refractivity contribution is 5.80. The standard InChI is InChI=1S/C23H34N6O/c1-3-25-23(28-12-10-18(2)21(16-28)29-13-11-24-17-29)27-15-19-8-9-22(26-14-19)30-20-6-4-5-7-20/h8-9,11,13-14,17-18,20-21H,3-7,10,12,15-16H2,1-2H3,(H,25,27). The Hall–Kier alpha value is -2.57. The molecule has 162 valence electrons. The fourth-order valence-corrected chi connectivity index (χ4v) is 4.44. The summed E-state index contributed by atoms with van der Waals surface area (Å²) in [7, 11) is 0. The molecule has 2 aliphatic rings. The molecular weight excluding hydrogens is 376 g/mol. The Morgan fingerprint density at radius 1 is 1.27 bits per heavy atom. The van der Waals surface area contributed by atoms with Gasteiger partial charge in [-0.15, -0.1) is 0 Å². The van der Waals surface area contributed by atoms with Gasteiger partial charge in [-0.05, 0) is 50.5 Å². The van der Waals surface area contributed by atoms with Crippen LogP contribution in [0.15, 0.2) is 42.0 Å². The maximum atomic E-state index is 5.97. The zero-order valence-electron chi connectivity index (χ0n) is 18.2.